The summed E-state index contributed by atoms with van der Waals surface area (Å²) < 4.78 is 65.0. The van der Waals surface area contributed by atoms with Crippen molar-refractivity contribution in [1.29, 1.82) is 0 Å². The molecule has 1 amide bonds. The molecular weight excluding hydrogens is 365 g/mol. The Bertz CT molecular complexity index is 822. The summed E-state index contributed by atoms with van der Waals surface area (Å²) in [4.78, 5) is 21.9. The molecule has 3 N–H and O–H groups in total. The zero-order chi connectivity index (χ0) is 19.2. The number of primary amides is 1. The first-order chi connectivity index (χ1) is 11.4. The average Bonchev–Trinajstić information content (AvgIpc) is 2.92. The molecule has 0 aliphatic carbocycles. The van der Waals surface area contributed by atoms with E-state index in [-0.39, 0.29) is 16.0 Å². The van der Waals surface area contributed by atoms with Gasteiger partial charge in [0.2, 0.25) is 15.9 Å². The van der Waals surface area contributed by atoms with Crippen molar-refractivity contribution in [1.82, 2.24) is 4.31 Å². The third-order valence-electron chi connectivity index (χ3n) is 4.11. The fraction of sp³-hybridized carbons (Fsp3) is 0.429. The number of carbonyl (C=O) groups excluding carboxylic acids is 1. The first-order valence-electron chi connectivity index (χ1n) is 7.06. The van der Waals surface area contributed by atoms with E-state index < -0.39 is 53.0 Å². The molecule has 2 rings (SSSR count). The van der Waals surface area contributed by atoms with Crippen LogP contribution in [0.2, 0.25) is 0 Å². The Balaban J connectivity index is 2.41. The average molecular weight is 380 g/mol. The number of rotatable bonds is 4. The number of carboxylic acid groups (broad SMARTS) is 1. The number of alkyl halides is 3. The Morgan fingerprint density at radius 3 is 2.28 bits per heavy atom. The minimum absolute atomic E-state index is 0.0750. The van der Waals surface area contributed by atoms with Crippen molar-refractivity contribution in [3.8, 4) is 0 Å². The number of carbonyl (C=O) groups is 2. The Hall–Kier alpha value is -2.14. The van der Waals surface area contributed by atoms with Crippen LogP contribution in [0.15, 0.2) is 23.1 Å². The fourth-order valence-electron chi connectivity index (χ4n) is 2.79. The zero-order valence-corrected chi connectivity index (χ0v) is 13.8. The Morgan fingerprint density at radius 1 is 1.28 bits per heavy atom. The largest absolute Gasteiger partial charge is 0.478 e. The number of hydrogen-bond donors (Lipinski definition) is 2. The van der Waals surface area contributed by atoms with Gasteiger partial charge in [-0.15, -0.1) is 0 Å². The molecule has 1 heterocycles. The molecule has 1 aliphatic heterocycles. The number of nitrogens with two attached hydrogens (primary N) is 1. The number of halogens is 3. The maximum Gasteiger partial charge on any atom is 0.393 e. The lowest BCUT2D eigenvalue weighted by atomic mass is 9.95. The minimum atomic E-state index is -4.77. The Labute approximate surface area is 141 Å². The smallest absolute Gasteiger partial charge is 0.393 e. The highest BCUT2D eigenvalue weighted by Gasteiger charge is 2.54. The molecule has 138 valence electrons. The fourth-order valence-corrected chi connectivity index (χ4v) is 4.49. The molecule has 7 nitrogen and oxygen atoms in total. The molecule has 0 bridgehead atoms. The zero-order valence-electron chi connectivity index (χ0n) is 12.9. The van der Waals surface area contributed by atoms with E-state index in [0.717, 1.165) is 18.2 Å². The summed E-state index contributed by atoms with van der Waals surface area (Å²) >= 11 is 0. The molecule has 0 saturated carbocycles. The second-order valence-corrected chi connectivity index (χ2v) is 7.67. The molecule has 1 fully saturated rings. The lowest BCUT2D eigenvalue weighted by Gasteiger charge is -2.19. The van der Waals surface area contributed by atoms with Crippen LogP contribution in [-0.2, 0) is 14.8 Å². The number of hydrogen-bond acceptors (Lipinski definition) is 4. The number of aryl methyl sites for hydroxylation is 1. The van der Waals surface area contributed by atoms with Gasteiger partial charge >= 0.3 is 12.1 Å². The van der Waals surface area contributed by atoms with E-state index >= 15 is 0 Å². The van der Waals surface area contributed by atoms with Gasteiger partial charge in [0.25, 0.3) is 0 Å². The summed E-state index contributed by atoms with van der Waals surface area (Å²) in [5.41, 5.74) is 4.91. The molecule has 1 saturated heterocycles. The van der Waals surface area contributed by atoms with Crippen molar-refractivity contribution in [2.24, 2.45) is 17.6 Å². The standard InChI is InChI=1S/C14H15F3N2O5S/c1-7-4-8(13(21)22)2-3-11(7)25(23,24)19-5-9(12(18)20)10(6-19)14(15,16)17/h2-4,9-10H,5-6H2,1H3,(H2,18,20)(H,21,22)/t9-,10-/m0/s1. The monoisotopic (exact) mass is 380 g/mol. The van der Waals surface area contributed by atoms with Crippen LogP contribution >= 0.6 is 0 Å². The van der Waals surface area contributed by atoms with E-state index in [9.17, 15) is 31.2 Å². The van der Waals surface area contributed by atoms with Gasteiger partial charge in [-0.25, -0.2) is 13.2 Å². The van der Waals surface area contributed by atoms with Crippen LogP contribution in [0.25, 0.3) is 0 Å². The van der Waals surface area contributed by atoms with Crippen molar-refractivity contribution in [3.05, 3.63) is 29.3 Å². The molecule has 0 aromatic heterocycles. The van der Waals surface area contributed by atoms with Gasteiger partial charge in [0.05, 0.1) is 22.3 Å². The van der Waals surface area contributed by atoms with Crippen molar-refractivity contribution in [2.75, 3.05) is 13.1 Å². The predicted octanol–water partition coefficient (Wildman–Crippen LogP) is 0.978. The van der Waals surface area contributed by atoms with E-state index in [1.807, 2.05) is 0 Å². The van der Waals surface area contributed by atoms with E-state index in [1.54, 1.807) is 0 Å². The van der Waals surface area contributed by atoms with Crippen LogP contribution in [-0.4, -0.2) is 49.0 Å². The number of aromatic carboxylic acids is 1. The summed E-state index contributed by atoms with van der Waals surface area (Å²) in [6.07, 6.45) is -4.77. The van der Waals surface area contributed by atoms with Crippen LogP contribution in [0.1, 0.15) is 15.9 Å². The number of sulfonamides is 1. The highest BCUT2D eigenvalue weighted by atomic mass is 32.2. The Kier molecular flexibility index (Phi) is 4.83. The van der Waals surface area contributed by atoms with Crippen LogP contribution < -0.4 is 5.73 Å². The summed E-state index contributed by atoms with van der Waals surface area (Å²) in [7, 11) is -4.34. The summed E-state index contributed by atoms with van der Waals surface area (Å²) in [6, 6.07) is 3.18. The summed E-state index contributed by atoms with van der Waals surface area (Å²) in [6.45, 7) is -0.260. The van der Waals surface area contributed by atoms with Gasteiger partial charge in [-0.2, -0.15) is 17.5 Å². The van der Waals surface area contributed by atoms with Crippen molar-refractivity contribution in [3.63, 3.8) is 0 Å². The molecule has 0 radical (unpaired) electrons. The topological polar surface area (TPSA) is 118 Å². The van der Waals surface area contributed by atoms with Crippen molar-refractivity contribution < 1.29 is 36.3 Å². The van der Waals surface area contributed by atoms with E-state index in [4.69, 9.17) is 10.8 Å². The van der Waals surface area contributed by atoms with Gasteiger partial charge in [-0.1, -0.05) is 0 Å². The van der Waals surface area contributed by atoms with Gasteiger partial charge in [0.15, 0.2) is 0 Å². The number of benzene rings is 1. The predicted molar refractivity (Wildman–Crippen MR) is 79.1 cm³/mol. The van der Waals surface area contributed by atoms with Crippen molar-refractivity contribution in [2.45, 2.75) is 18.0 Å². The van der Waals surface area contributed by atoms with E-state index in [0.29, 0.717) is 4.31 Å². The maximum atomic E-state index is 13.1. The second-order valence-electron chi connectivity index (χ2n) is 5.76. The van der Waals surface area contributed by atoms with E-state index in [1.165, 1.54) is 6.92 Å². The second kappa shape index (κ2) is 6.30. The Morgan fingerprint density at radius 2 is 1.88 bits per heavy atom. The molecule has 11 heteroatoms. The number of nitrogens with zero attached hydrogens (tertiary/aromatic N) is 1. The van der Waals surface area contributed by atoms with Gasteiger partial charge in [0.1, 0.15) is 0 Å². The molecular formula is C14H15F3N2O5S. The first-order valence-corrected chi connectivity index (χ1v) is 8.50. The van der Waals surface area contributed by atoms with Crippen LogP contribution in [0.3, 0.4) is 0 Å². The SMILES string of the molecule is Cc1cc(C(=O)O)ccc1S(=O)(=O)N1C[C@H](C(N)=O)[C@@H](C(F)(F)F)C1. The molecule has 1 aromatic carbocycles. The van der Waals surface area contributed by atoms with Crippen molar-refractivity contribution >= 4 is 21.9 Å². The summed E-state index contributed by atoms with van der Waals surface area (Å²) in [5, 5.41) is 8.90. The molecule has 25 heavy (non-hydrogen) atoms. The highest BCUT2D eigenvalue weighted by Crippen LogP contribution is 2.39. The third kappa shape index (κ3) is 3.61. The minimum Gasteiger partial charge on any atom is -0.478 e. The summed E-state index contributed by atoms with van der Waals surface area (Å²) in [5.74, 6) is -6.34. The molecule has 1 aromatic rings. The molecule has 1 aliphatic rings. The quantitative estimate of drug-likeness (QED) is 0.807. The molecule has 0 unspecified atom stereocenters. The molecule has 2 atom stereocenters. The van der Waals surface area contributed by atoms with E-state index in [2.05, 4.69) is 0 Å². The lowest BCUT2D eigenvalue weighted by Crippen LogP contribution is -2.37. The maximum absolute atomic E-state index is 13.1. The van der Waals surface area contributed by atoms with Crippen LogP contribution in [0.5, 0.6) is 0 Å². The lowest BCUT2D eigenvalue weighted by molar-refractivity contribution is -0.182. The first kappa shape index (κ1) is 19.2. The van der Waals surface area contributed by atoms with Gasteiger partial charge in [-0.3, -0.25) is 4.79 Å². The van der Waals surface area contributed by atoms with Gasteiger partial charge < -0.3 is 10.8 Å². The normalized spacial score (nSPS) is 22.1. The number of amides is 1. The van der Waals surface area contributed by atoms with Gasteiger partial charge in [0, 0.05) is 13.1 Å². The van der Waals surface area contributed by atoms with Gasteiger partial charge in [-0.05, 0) is 30.7 Å². The van der Waals surface area contributed by atoms with Crippen LogP contribution in [0.4, 0.5) is 13.2 Å². The number of carboxylic acids is 1. The third-order valence-corrected chi connectivity index (χ3v) is 6.10. The van der Waals surface area contributed by atoms with Crippen LogP contribution in [0, 0.1) is 18.8 Å². The highest BCUT2D eigenvalue weighted by molar-refractivity contribution is 7.89. The molecule has 0 spiro atoms.